The molecule has 2 atom stereocenters. The van der Waals surface area contributed by atoms with Gasteiger partial charge in [0, 0.05) is 12.5 Å². The van der Waals surface area contributed by atoms with Crippen molar-refractivity contribution >= 4 is 19.8 Å². The van der Waals surface area contributed by atoms with Crippen LogP contribution in [0.3, 0.4) is 0 Å². The third kappa shape index (κ3) is 28.6. The Morgan fingerprint density at radius 2 is 1.31 bits per heavy atom. The number of esters is 2. The predicted octanol–water partition coefficient (Wildman–Crippen LogP) is 7.04. The number of hydrogen-bond acceptors (Lipinski definition) is 8. The molecule has 0 aliphatic heterocycles. The van der Waals surface area contributed by atoms with E-state index in [0.29, 0.717) is 11.0 Å². The number of ether oxygens (including phenoxy) is 2. The van der Waals surface area contributed by atoms with Gasteiger partial charge >= 0.3 is 11.9 Å². The lowest BCUT2D eigenvalue weighted by Gasteiger charge is -2.28. The quantitative estimate of drug-likeness (QED) is 0.0230. The van der Waals surface area contributed by atoms with Crippen molar-refractivity contribution in [2.45, 2.75) is 123 Å². The Hall–Kier alpha value is -1.51. The molecule has 0 saturated heterocycles. The zero-order valence-electron chi connectivity index (χ0n) is 27.2. The Morgan fingerprint density at radius 1 is 0.786 bits per heavy atom. The molecule has 0 amide bonds. The molecule has 0 bridgehead atoms. The first-order valence-corrected chi connectivity index (χ1v) is 17.5. The second-order valence-corrected chi connectivity index (χ2v) is 13.3. The lowest BCUT2D eigenvalue weighted by atomic mass is 10.0. The molecule has 0 aromatic rings. The topological polar surface area (TPSA) is 111 Å². The van der Waals surface area contributed by atoms with E-state index in [1.54, 1.807) is 19.1 Å². The zero-order chi connectivity index (χ0) is 31.5. The lowest BCUT2D eigenvalue weighted by Crippen LogP contribution is -2.37. The summed E-state index contributed by atoms with van der Waals surface area (Å²) in [6.07, 6.45) is 23.9. The number of hydrogen-bond donors (Lipinski definition) is 0. The minimum absolute atomic E-state index is 0.0466. The average molecular weight is 618 g/mol. The normalized spacial score (nSPS) is 14.3. The summed E-state index contributed by atoms with van der Waals surface area (Å²) in [6.45, 7) is 3.65. The number of phosphoric acid groups is 1. The number of quaternary nitrogens is 1. The van der Waals surface area contributed by atoms with E-state index < -0.39 is 32.5 Å². The van der Waals surface area contributed by atoms with Crippen molar-refractivity contribution in [3.63, 3.8) is 0 Å². The van der Waals surface area contributed by atoms with Gasteiger partial charge in [0.2, 0.25) is 0 Å². The van der Waals surface area contributed by atoms with Crippen molar-refractivity contribution < 1.29 is 42.1 Å². The van der Waals surface area contributed by atoms with Gasteiger partial charge in [-0.15, -0.1) is 0 Å². The second kappa shape index (κ2) is 25.9. The number of phosphoric ester groups is 1. The molecular formula is C32H60NO8P. The van der Waals surface area contributed by atoms with Crippen molar-refractivity contribution in [1.82, 2.24) is 0 Å². The smallest absolute Gasteiger partial charge is 0.331 e. The van der Waals surface area contributed by atoms with Crippen LogP contribution in [0.4, 0.5) is 0 Å². The Bertz CT molecular complexity index is 794. The fourth-order valence-electron chi connectivity index (χ4n) is 4.10. The van der Waals surface area contributed by atoms with Crippen molar-refractivity contribution in [3.8, 4) is 0 Å². The number of allylic oxidation sites excluding steroid dienone is 3. The van der Waals surface area contributed by atoms with Gasteiger partial charge in [-0.3, -0.25) is 9.36 Å². The molecule has 0 N–H and O–H groups in total. The highest BCUT2D eigenvalue weighted by atomic mass is 31.2. The monoisotopic (exact) mass is 617 g/mol. The molecule has 0 fully saturated rings. The van der Waals surface area contributed by atoms with E-state index in [0.717, 1.165) is 19.3 Å². The average Bonchev–Trinajstić information content (AvgIpc) is 2.91. The lowest BCUT2D eigenvalue weighted by molar-refractivity contribution is -0.870. The van der Waals surface area contributed by atoms with Crippen LogP contribution in [-0.2, 0) is 32.7 Å². The third-order valence-corrected chi connectivity index (χ3v) is 7.63. The highest BCUT2D eigenvalue weighted by Crippen LogP contribution is 2.38. The van der Waals surface area contributed by atoms with Crippen LogP contribution in [0.15, 0.2) is 24.3 Å². The van der Waals surface area contributed by atoms with Crippen LogP contribution in [-0.4, -0.2) is 70.0 Å². The van der Waals surface area contributed by atoms with Crippen LogP contribution < -0.4 is 4.89 Å². The highest BCUT2D eigenvalue weighted by Gasteiger charge is 2.21. The summed E-state index contributed by atoms with van der Waals surface area (Å²) >= 11 is 0. The van der Waals surface area contributed by atoms with E-state index in [1.807, 2.05) is 21.1 Å². The zero-order valence-corrected chi connectivity index (χ0v) is 28.1. The molecule has 0 aliphatic rings. The largest absolute Gasteiger partial charge is 0.756 e. The second-order valence-electron chi connectivity index (χ2n) is 11.9. The first kappa shape index (κ1) is 40.5. The van der Waals surface area contributed by atoms with E-state index >= 15 is 0 Å². The summed E-state index contributed by atoms with van der Waals surface area (Å²) in [4.78, 5) is 36.5. The maximum Gasteiger partial charge on any atom is 0.331 e. The van der Waals surface area contributed by atoms with E-state index in [4.69, 9.17) is 18.5 Å². The van der Waals surface area contributed by atoms with Gasteiger partial charge in [0.25, 0.3) is 7.82 Å². The van der Waals surface area contributed by atoms with Crippen LogP contribution in [0, 0.1) is 0 Å². The summed E-state index contributed by atoms with van der Waals surface area (Å²) in [7, 11) is 1.10. The fourth-order valence-corrected chi connectivity index (χ4v) is 4.83. The predicted molar refractivity (Wildman–Crippen MR) is 167 cm³/mol. The van der Waals surface area contributed by atoms with Gasteiger partial charge in [-0.05, 0) is 13.3 Å². The Labute approximate surface area is 256 Å². The van der Waals surface area contributed by atoms with Crippen molar-refractivity contribution in [2.24, 2.45) is 0 Å². The fraction of sp³-hybridized carbons (Fsp3) is 0.812. The number of nitrogens with zero attached hydrogens (tertiary/aromatic N) is 1. The van der Waals surface area contributed by atoms with Crippen LogP contribution in [0.2, 0.25) is 0 Å². The van der Waals surface area contributed by atoms with E-state index in [-0.39, 0.29) is 19.6 Å². The number of carbonyl (C=O) groups is 2. The molecule has 0 aliphatic carbocycles. The van der Waals surface area contributed by atoms with Crippen LogP contribution >= 0.6 is 7.82 Å². The molecule has 1 unspecified atom stereocenters. The minimum atomic E-state index is -4.62. The van der Waals surface area contributed by atoms with Gasteiger partial charge in [-0.25, -0.2) is 4.79 Å². The standard InChI is InChI=1S/C32H60NO8P/c1-6-8-10-11-12-13-14-15-16-17-18-19-20-21-23-24-31(34)38-28-30(41-32(35)25-22-9-7-2)29-40-42(36,37)39-27-26-33(3,4)5/h7,9,22,25,30H,6,8,10-21,23-24,26-29H2,1-5H3/t30-/m1/s1. The molecule has 0 heterocycles. The number of rotatable bonds is 28. The van der Waals surface area contributed by atoms with Crippen LogP contribution in [0.25, 0.3) is 0 Å². The first-order chi connectivity index (χ1) is 20.0. The van der Waals surface area contributed by atoms with Crippen LogP contribution in [0.1, 0.15) is 117 Å². The molecule has 0 saturated carbocycles. The minimum Gasteiger partial charge on any atom is -0.756 e. The summed E-state index contributed by atoms with van der Waals surface area (Å²) in [5.41, 5.74) is 0. The molecule has 0 radical (unpaired) electrons. The van der Waals surface area contributed by atoms with Gasteiger partial charge in [0.15, 0.2) is 6.10 Å². The summed E-state index contributed by atoms with van der Waals surface area (Å²) in [6, 6.07) is 0. The molecule has 0 spiro atoms. The number of carbonyl (C=O) groups excluding carboxylic acids is 2. The van der Waals surface area contributed by atoms with Gasteiger partial charge in [-0.1, -0.05) is 115 Å². The van der Waals surface area contributed by atoms with E-state index in [9.17, 15) is 19.0 Å². The third-order valence-electron chi connectivity index (χ3n) is 6.66. The van der Waals surface area contributed by atoms with Crippen molar-refractivity contribution in [3.05, 3.63) is 24.3 Å². The Kier molecular flexibility index (Phi) is 25.0. The highest BCUT2D eigenvalue weighted by molar-refractivity contribution is 7.45. The number of unbranched alkanes of at least 4 members (excludes halogenated alkanes) is 14. The maximum atomic E-state index is 12.2. The van der Waals surface area contributed by atoms with Gasteiger partial charge in [0.05, 0.1) is 27.7 Å². The first-order valence-electron chi connectivity index (χ1n) is 16.0. The van der Waals surface area contributed by atoms with Crippen LogP contribution in [0.5, 0.6) is 0 Å². The molecule has 0 aromatic heterocycles. The van der Waals surface area contributed by atoms with Crippen molar-refractivity contribution in [1.29, 1.82) is 0 Å². The summed E-state index contributed by atoms with van der Waals surface area (Å²) in [5.74, 6) is -1.12. The van der Waals surface area contributed by atoms with Gasteiger partial charge in [0.1, 0.15) is 19.8 Å². The molecule has 10 heteroatoms. The molecule has 42 heavy (non-hydrogen) atoms. The van der Waals surface area contributed by atoms with Crippen molar-refractivity contribution in [2.75, 3.05) is 47.5 Å². The van der Waals surface area contributed by atoms with E-state index in [2.05, 4.69) is 6.92 Å². The Balaban J connectivity index is 4.23. The van der Waals surface area contributed by atoms with E-state index in [1.165, 1.54) is 89.2 Å². The van der Waals surface area contributed by atoms with Gasteiger partial charge < -0.3 is 27.9 Å². The molecule has 0 rings (SSSR count). The summed E-state index contributed by atoms with van der Waals surface area (Å²) < 4.78 is 33.0. The summed E-state index contributed by atoms with van der Waals surface area (Å²) in [5, 5.41) is 0. The maximum absolute atomic E-state index is 12.2. The molecule has 0 aromatic carbocycles. The molecular weight excluding hydrogens is 557 g/mol. The number of likely N-dealkylation sites (N-methyl/N-ethyl adjacent to an activating group) is 1. The molecule has 9 nitrogen and oxygen atoms in total. The Morgan fingerprint density at radius 3 is 1.81 bits per heavy atom. The SMILES string of the molecule is CC=CC=CC(=O)O[C@H](COC(=O)CCCCCCCCCCCCCCCCC)COP(=O)([O-])OCC[N+](C)(C)C. The van der Waals surface area contributed by atoms with Gasteiger partial charge in [-0.2, -0.15) is 0 Å². The molecule has 246 valence electrons.